The zero-order valence-electron chi connectivity index (χ0n) is 44.7. The van der Waals surface area contributed by atoms with Gasteiger partial charge in [0.2, 0.25) is 35.4 Å². The highest BCUT2D eigenvalue weighted by molar-refractivity contribution is 5.99. The number of carbonyl (C=O) groups excluding carboxylic acids is 8. The van der Waals surface area contributed by atoms with Crippen molar-refractivity contribution in [1.82, 2.24) is 47.0 Å². The molecular weight excluding hydrogens is 939 g/mol. The largest absolute Gasteiger partial charge is 0.347 e. The van der Waals surface area contributed by atoms with Crippen LogP contribution in [0.5, 0.6) is 0 Å². The Bertz CT molecular complexity index is 2430. The summed E-state index contributed by atoms with van der Waals surface area (Å²) in [6, 6.07) is 15.7. The lowest BCUT2D eigenvalue weighted by molar-refractivity contribution is -0.144. The molecule has 4 aliphatic rings. The fourth-order valence-corrected chi connectivity index (χ4v) is 10.7. The maximum Gasteiger partial charge on any atom is 0.251 e. The second kappa shape index (κ2) is 22.9. The molecule has 7 rings (SSSR count). The number of likely N-dealkylation sites (N-methyl/N-ethyl adjacent to an activating group) is 1. The predicted octanol–water partition coefficient (Wildman–Crippen LogP) is 4.41. The van der Waals surface area contributed by atoms with Crippen LogP contribution in [0, 0.1) is 16.7 Å². The van der Waals surface area contributed by atoms with E-state index in [1.807, 2.05) is 104 Å². The molecule has 17 nitrogen and oxygen atoms in total. The van der Waals surface area contributed by atoms with Crippen molar-refractivity contribution >= 4 is 47.3 Å². The van der Waals surface area contributed by atoms with E-state index in [2.05, 4.69) is 37.2 Å². The number of likely N-dealkylation sites (tertiary alicyclic amines) is 2. The molecule has 0 aromatic heterocycles. The summed E-state index contributed by atoms with van der Waals surface area (Å²) >= 11 is 0. The van der Waals surface area contributed by atoms with Crippen molar-refractivity contribution in [3.8, 4) is 0 Å². The number of hydrogen-bond acceptors (Lipinski definition) is 9. The number of hydrogen-bond donors (Lipinski definition) is 7. The zero-order chi connectivity index (χ0) is 53.8. The summed E-state index contributed by atoms with van der Waals surface area (Å²) in [4.78, 5) is 114. The fourth-order valence-electron chi connectivity index (χ4n) is 10.7. The van der Waals surface area contributed by atoms with Crippen LogP contribution < -0.4 is 37.2 Å². The summed E-state index contributed by atoms with van der Waals surface area (Å²) < 4.78 is 0. The highest BCUT2D eigenvalue weighted by Gasteiger charge is 2.46. The van der Waals surface area contributed by atoms with E-state index >= 15 is 0 Å². The lowest BCUT2D eigenvalue weighted by Crippen LogP contribution is -2.59. The standard InChI is InChI=1S/C57H77N9O8/c1-11-32(2)48(67)63-46(56(4,5)6)54(73)65-28-16-22-42(65)52(71)61-44-38-20-14-12-18-36(38)30-40(44)59-50(69)34-24-26-35(27-25-34)51(70)60-41-31-37-19-13-15-21-39(37)45(41)62-53(72)43-23-17-29-66(43)55(74)47(57(7,8)9)64-49(68)33(3)58-10/h12-15,18-21,24-27,32-33,40-47,58H,11,16-17,22-23,28-31H2,1-10H3,(H,59,69)(H,60,70)(H,61,71)(H,62,72)(H,63,67)(H,64,68)/t32-,33+,40+,41+,42?,43+,44+,45+,46-,47-/m1/s1. The molecule has 74 heavy (non-hydrogen) atoms. The van der Waals surface area contributed by atoms with Crippen molar-refractivity contribution in [2.24, 2.45) is 16.7 Å². The molecule has 1 unspecified atom stereocenters. The third kappa shape index (κ3) is 12.1. The third-order valence-electron chi connectivity index (χ3n) is 15.5. The van der Waals surface area contributed by atoms with Gasteiger partial charge in [-0.05, 0) is 116 Å². The lowest BCUT2D eigenvalue weighted by atomic mass is 9.85. The molecule has 3 aromatic carbocycles. The molecule has 2 saturated heterocycles. The van der Waals surface area contributed by atoms with Crippen LogP contribution >= 0.6 is 0 Å². The van der Waals surface area contributed by atoms with Crippen molar-refractivity contribution in [2.45, 2.75) is 162 Å². The van der Waals surface area contributed by atoms with E-state index in [0.717, 1.165) is 22.3 Å². The minimum Gasteiger partial charge on any atom is -0.347 e. The van der Waals surface area contributed by atoms with Gasteiger partial charge in [0, 0.05) is 30.1 Å². The minimum atomic E-state index is -0.863. The number of amides is 8. The maximum atomic E-state index is 14.3. The van der Waals surface area contributed by atoms with Crippen molar-refractivity contribution in [2.75, 3.05) is 20.1 Å². The number of benzene rings is 3. The first-order valence-corrected chi connectivity index (χ1v) is 26.4. The Kier molecular flexibility index (Phi) is 17.0. The topological polar surface area (TPSA) is 227 Å². The van der Waals surface area contributed by atoms with Crippen LogP contribution in [0.1, 0.15) is 149 Å². The van der Waals surface area contributed by atoms with Crippen LogP contribution in [0.25, 0.3) is 0 Å². The van der Waals surface area contributed by atoms with Gasteiger partial charge in [-0.2, -0.15) is 0 Å². The Morgan fingerprint density at radius 3 is 1.34 bits per heavy atom. The average molecular weight is 1020 g/mol. The predicted molar refractivity (Wildman–Crippen MR) is 281 cm³/mol. The first-order chi connectivity index (χ1) is 35.0. The van der Waals surface area contributed by atoms with Gasteiger partial charge >= 0.3 is 0 Å². The molecule has 2 heterocycles. The Hall–Kier alpha value is -6.62. The van der Waals surface area contributed by atoms with E-state index in [1.54, 1.807) is 48.0 Å². The van der Waals surface area contributed by atoms with E-state index < -0.39 is 77.0 Å². The molecule has 0 bridgehead atoms. The van der Waals surface area contributed by atoms with E-state index in [9.17, 15) is 38.4 Å². The summed E-state index contributed by atoms with van der Waals surface area (Å²) in [5, 5.41) is 21.4. The number of carbonyl (C=O) groups is 8. The smallest absolute Gasteiger partial charge is 0.251 e. The highest BCUT2D eigenvalue weighted by atomic mass is 16.2. The maximum absolute atomic E-state index is 14.3. The molecule has 398 valence electrons. The molecule has 2 aliphatic carbocycles. The van der Waals surface area contributed by atoms with Crippen LogP contribution in [0.4, 0.5) is 0 Å². The van der Waals surface area contributed by atoms with E-state index in [1.165, 1.54) is 0 Å². The second-order valence-corrected chi connectivity index (χ2v) is 22.8. The molecule has 17 heteroatoms. The summed E-state index contributed by atoms with van der Waals surface area (Å²) in [5.41, 5.74) is 3.05. The van der Waals surface area contributed by atoms with E-state index in [4.69, 9.17) is 0 Å². The Balaban J connectivity index is 1.00. The van der Waals surface area contributed by atoms with Gasteiger partial charge in [-0.25, -0.2) is 0 Å². The molecule has 0 saturated carbocycles. The Labute approximate surface area is 435 Å². The third-order valence-corrected chi connectivity index (χ3v) is 15.5. The molecule has 10 atom stereocenters. The van der Waals surface area contributed by atoms with Crippen LogP contribution in [0.2, 0.25) is 0 Å². The number of fused-ring (bicyclic) bond motifs is 2. The minimum absolute atomic E-state index is 0.203. The second-order valence-electron chi connectivity index (χ2n) is 22.8. The summed E-state index contributed by atoms with van der Waals surface area (Å²) in [5.74, 6) is -2.87. The quantitative estimate of drug-likeness (QED) is 0.108. The van der Waals surface area contributed by atoms with Gasteiger partial charge in [0.05, 0.1) is 30.2 Å². The summed E-state index contributed by atoms with van der Waals surface area (Å²) in [6.07, 6.45) is 3.69. The van der Waals surface area contributed by atoms with Crippen LogP contribution in [-0.4, -0.2) is 119 Å². The van der Waals surface area contributed by atoms with E-state index in [0.29, 0.717) is 69.2 Å². The average Bonchev–Trinajstić information content (AvgIpc) is 4.19. The monoisotopic (exact) mass is 1020 g/mol. The van der Waals surface area contributed by atoms with Crippen molar-refractivity contribution in [1.29, 1.82) is 0 Å². The Morgan fingerprint density at radius 1 is 0.568 bits per heavy atom. The van der Waals surface area contributed by atoms with Gasteiger partial charge < -0.3 is 47.0 Å². The molecule has 8 amide bonds. The number of nitrogens with one attached hydrogen (secondary N) is 7. The molecule has 2 aliphatic heterocycles. The highest BCUT2D eigenvalue weighted by Crippen LogP contribution is 2.35. The van der Waals surface area contributed by atoms with Gasteiger partial charge in [-0.3, -0.25) is 38.4 Å². The SMILES string of the molecule is CC[C@@H](C)C(=O)N[C@H](C(=O)N1CCCC1C(=O)N[C@H]1c2ccccc2C[C@@H]1NC(=O)c1ccc(C(=O)N[C@H]2Cc3ccccc3[C@@H]2NC(=O)[C@@H]2CCCN2C(=O)[C@@H](NC(=O)[C@H](C)NC)C(C)(C)C)cc1)C(C)(C)C. The van der Waals surface area contributed by atoms with Crippen molar-refractivity contribution in [3.05, 3.63) is 106 Å². The van der Waals surface area contributed by atoms with E-state index in [-0.39, 0.29) is 41.4 Å². The molecule has 3 aromatic rings. The molecule has 7 N–H and O–H groups in total. The van der Waals surface area contributed by atoms with Crippen LogP contribution in [0.15, 0.2) is 72.8 Å². The lowest BCUT2D eigenvalue weighted by Gasteiger charge is -2.36. The van der Waals surface area contributed by atoms with Crippen molar-refractivity contribution < 1.29 is 38.4 Å². The molecule has 2 fully saturated rings. The first kappa shape index (κ1) is 55.1. The Morgan fingerprint density at radius 2 is 0.959 bits per heavy atom. The van der Waals surface area contributed by atoms with Crippen LogP contribution in [-0.2, 0) is 41.6 Å². The molecule has 0 radical (unpaired) electrons. The van der Waals surface area contributed by atoms with Crippen LogP contribution in [0.3, 0.4) is 0 Å². The van der Waals surface area contributed by atoms with Gasteiger partial charge in [0.15, 0.2) is 0 Å². The van der Waals surface area contributed by atoms with Gasteiger partial charge in [0.1, 0.15) is 24.2 Å². The normalized spacial score (nSPS) is 22.8. The van der Waals surface area contributed by atoms with Gasteiger partial charge in [-0.1, -0.05) is 104 Å². The number of nitrogens with zero attached hydrogens (tertiary/aromatic N) is 2. The first-order valence-electron chi connectivity index (χ1n) is 26.4. The zero-order valence-corrected chi connectivity index (χ0v) is 44.7. The van der Waals surface area contributed by atoms with Gasteiger partial charge in [-0.15, -0.1) is 0 Å². The molecular formula is C57H77N9O8. The summed E-state index contributed by atoms with van der Waals surface area (Å²) in [6.45, 7) is 17.5. The van der Waals surface area contributed by atoms with Gasteiger partial charge in [0.25, 0.3) is 11.8 Å². The molecule has 0 spiro atoms. The van der Waals surface area contributed by atoms with Crippen molar-refractivity contribution in [3.63, 3.8) is 0 Å². The summed E-state index contributed by atoms with van der Waals surface area (Å²) in [7, 11) is 1.67. The number of rotatable bonds is 16. The fraction of sp³-hybridized carbons (Fsp3) is 0.544.